The van der Waals surface area contributed by atoms with Gasteiger partial charge in [0.1, 0.15) is 11.6 Å². The second-order valence-corrected chi connectivity index (χ2v) is 11.7. The summed E-state index contributed by atoms with van der Waals surface area (Å²) >= 11 is 0. The fourth-order valence-electron chi connectivity index (χ4n) is 5.37. The smallest absolute Gasteiger partial charge is 0.251 e. The van der Waals surface area contributed by atoms with E-state index < -0.39 is 12.1 Å². The van der Waals surface area contributed by atoms with E-state index in [2.05, 4.69) is 51.9 Å². The molecule has 9 heteroatoms. The number of aromatic nitrogens is 2. The molecule has 0 spiro atoms. The number of hydrogen-bond donors (Lipinski definition) is 4. The van der Waals surface area contributed by atoms with Crippen molar-refractivity contribution in [2.75, 3.05) is 32.1 Å². The van der Waals surface area contributed by atoms with E-state index in [1.165, 1.54) is 5.56 Å². The number of methoxy groups -OCH3 is 1. The summed E-state index contributed by atoms with van der Waals surface area (Å²) < 4.78 is 11.3. The number of carbonyl (C=O) groups excluding carboxylic acids is 1. The fraction of sp³-hybridized carbons (Fsp3) is 0.485. The number of aliphatic hydroxyl groups excluding tert-OH is 1. The molecule has 0 radical (unpaired) electrons. The summed E-state index contributed by atoms with van der Waals surface area (Å²) in [7, 11) is 1.61. The highest BCUT2D eigenvalue weighted by Crippen LogP contribution is 2.45. The first-order valence-electron chi connectivity index (χ1n) is 15.0. The maximum Gasteiger partial charge on any atom is 0.251 e. The van der Waals surface area contributed by atoms with Gasteiger partial charge in [0, 0.05) is 32.0 Å². The third-order valence-electron chi connectivity index (χ3n) is 8.05. The monoisotopic (exact) mass is 573 g/mol. The molecule has 3 heterocycles. The third kappa shape index (κ3) is 7.65. The van der Waals surface area contributed by atoms with Gasteiger partial charge in [-0.05, 0) is 85.5 Å². The van der Waals surface area contributed by atoms with Crippen LogP contribution in [0, 0.1) is 0 Å². The lowest BCUT2D eigenvalue weighted by Gasteiger charge is -2.27. The highest BCUT2D eigenvalue weighted by molar-refractivity contribution is 5.95. The maximum atomic E-state index is 13.6. The zero-order chi connectivity index (χ0) is 29.5. The van der Waals surface area contributed by atoms with Crippen LogP contribution in [-0.4, -0.2) is 59.9 Å². The van der Waals surface area contributed by atoms with Gasteiger partial charge in [-0.15, -0.1) is 0 Å². The molecule has 1 aliphatic heterocycles. The van der Waals surface area contributed by atoms with Crippen molar-refractivity contribution in [2.24, 2.45) is 0 Å². The van der Waals surface area contributed by atoms with Gasteiger partial charge in [-0.1, -0.05) is 26.0 Å². The van der Waals surface area contributed by atoms with Crippen LogP contribution >= 0.6 is 0 Å². The number of fused-ring (bicyclic) bond motifs is 4. The van der Waals surface area contributed by atoms with Crippen molar-refractivity contribution >= 4 is 11.7 Å². The highest BCUT2D eigenvalue weighted by atomic mass is 16.5. The molecule has 1 aromatic carbocycles. The summed E-state index contributed by atoms with van der Waals surface area (Å²) in [5.41, 5.74) is 4.13. The van der Waals surface area contributed by atoms with Crippen molar-refractivity contribution in [3.63, 3.8) is 0 Å². The molecule has 3 aromatic rings. The number of nitrogens with one attached hydrogen (secondary N) is 3. The van der Waals surface area contributed by atoms with Crippen LogP contribution < -0.4 is 20.7 Å². The van der Waals surface area contributed by atoms with E-state index in [1.807, 2.05) is 30.5 Å². The SMILES string of the molecule is COCc1cc2cc(n1)NCCCCOc1cccc(c1)C[C@@H]([C@H](O)CNC1(c3cc(C(C)C)ccn3)CC1)NC2=O. The predicted octanol–water partition coefficient (Wildman–Crippen LogP) is 4.31. The Labute approximate surface area is 248 Å². The molecular weight excluding hydrogens is 530 g/mol. The fourth-order valence-corrected chi connectivity index (χ4v) is 5.37. The van der Waals surface area contributed by atoms with Gasteiger partial charge in [0.15, 0.2) is 0 Å². The number of benzene rings is 1. The molecule has 0 unspecified atom stereocenters. The van der Waals surface area contributed by atoms with Crippen LogP contribution in [0.1, 0.15) is 78.3 Å². The first-order valence-corrected chi connectivity index (χ1v) is 15.0. The topological polar surface area (TPSA) is 118 Å². The number of pyridine rings is 2. The van der Waals surface area contributed by atoms with Crippen LogP contribution in [0.4, 0.5) is 5.82 Å². The van der Waals surface area contributed by atoms with Gasteiger partial charge >= 0.3 is 0 Å². The van der Waals surface area contributed by atoms with E-state index in [4.69, 9.17) is 9.47 Å². The molecule has 2 aromatic heterocycles. The number of nitrogens with zero attached hydrogens (tertiary/aromatic N) is 2. The lowest BCUT2D eigenvalue weighted by Crippen LogP contribution is -2.50. The minimum atomic E-state index is -0.846. The summed E-state index contributed by atoms with van der Waals surface area (Å²) in [4.78, 5) is 22.9. The Bertz CT molecular complexity index is 1360. The summed E-state index contributed by atoms with van der Waals surface area (Å²) in [5.74, 6) is 1.55. The van der Waals surface area contributed by atoms with Crippen molar-refractivity contribution in [3.8, 4) is 5.75 Å². The Hall–Kier alpha value is -3.53. The molecule has 1 aliphatic carbocycles. The Morgan fingerprint density at radius 3 is 2.81 bits per heavy atom. The van der Waals surface area contributed by atoms with Gasteiger partial charge in [0.25, 0.3) is 5.91 Å². The standard InChI is InChI=1S/C33H43N5O4/c1-22(2)24-9-13-34-30(18-24)33(10-11-33)36-20-29(39)28-16-23-7-6-8-27(15-23)42-14-5-4-12-35-31-19-25(32(40)38-28)17-26(37-31)21-41-3/h6-9,13,15,17-19,22,28-29,36,39H,4-5,10-12,14,16,20-21H2,1-3H3,(H,35,37)(H,38,40)/t28-,29+/m0/s1. The van der Waals surface area contributed by atoms with Gasteiger partial charge in [-0.2, -0.15) is 0 Å². The van der Waals surface area contributed by atoms with Crippen LogP contribution in [0.15, 0.2) is 54.7 Å². The summed E-state index contributed by atoms with van der Waals surface area (Å²) in [5, 5.41) is 21.6. The van der Waals surface area contributed by atoms with Gasteiger partial charge in [-0.3, -0.25) is 9.78 Å². The quantitative estimate of drug-likeness (QED) is 0.315. The molecule has 1 fully saturated rings. The second-order valence-electron chi connectivity index (χ2n) is 11.7. The number of hydrogen-bond acceptors (Lipinski definition) is 8. The molecule has 42 heavy (non-hydrogen) atoms. The minimum Gasteiger partial charge on any atom is -0.494 e. The van der Waals surface area contributed by atoms with Gasteiger partial charge in [0.2, 0.25) is 0 Å². The Morgan fingerprint density at radius 2 is 2.02 bits per heavy atom. The number of aliphatic hydroxyl groups is 1. The van der Waals surface area contributed by atoms with Gasteiger partial charge < -0.3 is 30.5 Å². The highest BCUT2D eigenvalue weighted by Gasteiger charge is 2.46. The van der Waals surface area contributed by atoms with Crippen molar-refractivity contribution in [1.29, 1.82) is 0 Å². The first kappa shape index (κ1) is 29.9. The molecule has 1 amide bonds. The average Bonchev–Trinajstić information content (AvgIpc) is 3.78. The summed E-state index contributed by atoms with van der Waals surface area (Å²) in [6.07, 6.45) is 5.17. The van der Waals surface area contributed by atoms with E-state index >= 15 is 0 Å². The van der Waals surface area contributed by atoms with Crippen molar-refractivity contribution in [2.45, 2.75) is 76.2 Å². The average molecular weight is 574 g/mol. The molecule has 2 aliphatic rings. The van der Waals surface area contributed by atoms with Crippen LogP contribution in [0.25, 0.3) is 0 Å². The van der Waals surface area contributed by atoms with Gasteiger partial charge in [-0.25, -0.2) is 4.98 Å². The number of rotatable bonds is 8. The third-order valence-corrected chi connectivity index (χ3v) is 8.05. The largest absolute Gasteiger partial charge is 0.494 e. The molecule has 2 atom stereocenters. The lowest BCUT2D eigenvalue weighted by molar-refractivity contribution is 0.0821. The Balaban J connectivity index is 1.38. The molecular formula is C33H43N5O4. The van der Waals surface area contributed by atoms with E-state index in [9.17, 15) is 9.90 Å². The van der Waals surface area contributed by atoms with E-state index in [-0.39, 0.29) is 11.4 Å². The zero-order valence-corrected chi connectivity index (χ0v) is 24.9. The maximum absolute atomic E-state index is 13.6. The van der Waals surface area contributed by atoms with E-state index in [0.29, 0.717) is 55.7 Å². The number of carbonyl (C=O) groups is 1. The van der Waals surface area contributed by atoms with Crippen LogP contribution in [0.3, 0.4) is 0 Å². The normalized spacial score (nSPS) is 19.4. The molecule has 4 N–H and O–H groups in total. The number of ether oxygens (including phenoxy) is 2. The van der Waals surface area contributed by atoms with Gasteiger partial charge in [0.05, 0.1) is 42.3 Å². The van der Waals surface area contributed by atoms with E-state index in [0.717, 1.165) is 42.7 Å². The Kier molecular flexibility index (Phi) is 9.72. The lowest BCUT2D eigenvalue weighted by atomic mass is 9.98. The molecule has 4 bridgehead atoms. The predicted molar refractivity (Wildman–Crippen MR) is 163 cm³/mol. The van der Waals surface area contributed by atoms with Crippen LogP contribution in [0.5, 0.6) is 5.75 Å². The second kappa shape index (κ2) is 13.6. The molecule has 9 nitrogen and oxygen atoms in total. The number of amides is 1. The molecule has 5 rings (SSSR count). The summed E-state index contributed by atoms with van der Waals surface area (Å²) in [6, 6.07) is 15.1. The van der Waals surface area contributed by atoms with Crippen molar-refractivity contribution in [3.05, 3.63) is 82.8 Å². The van der Waals surface area contributed by atoms with Crippen LogP contribution in [0.2, 0.25) is 0 Å². The first-order chi connectivity index (χ1) is 20.3. The Morgan fingerprint density at radius 1 is 1.17 bits per heavy atom. The molecule has 1 saturated carbocycles. The summed E-state index contributed by atoms with van der Waals surface area (Å²) in [6.45, 7) is 6.27. The van der Waals surface area contributed by atoms with E-state index in [1.54, 1.807) is 19.2 Å². The zero-order valence-electron chi connectivity index (χ0n) is 24.9. The minimum absolute atomic E-state index is 0.247. The van der Waals surface area contributed by atoms with Crippen molar-refractivity contribution < 1.29 is 19.4 Å². The van der Waals surface area contributed by atoms with Crippen molar-refractivity contribution in [1.82, 2.24) is 20.6 Å². The molecule has 0 saturated heterocycles. The number of anilines is 1. The van der Waals surface area contributed by atoms with Crippen LogP contribution in [-0.2, 0) is 23.3 Å². The molecule has 224 valence electrons.